The van der Waals surface area contributed by atoms with E-state index in [9.17, 15) is 4.79 Å². The third-order valence-electron chi connectivity index (χ3n) is 3.70. The van der Waals surface area contributed by atoms with Crippen LogP contribution in [0.3, 0.4) is 0 Å². The molecule has 1 atom stereocenters. The molecule has 0 aliphatic rings. The highest BCUT2D eigenvalue weighted by atomic mass is 32.2. The topological polar surface area (TPSA) is 94.5 Å². The zero-order chi connectivity index (χ0) is 18.5. The first-order valence-electron chi connectivity index (χ1n) is 8.02. The van der Waals surface area contributed by atoms with Crippen molar-refractivity contribution < 1.29 is 4.79 Å². The molecule has 7 heteroatoms. The molecule has 6 nitrogen and oxygen atoms in total. The Hall–Kier alpha value is -3.11. The van der Waals surface area contributed by atoms with Crippen molar-refractivity contribution in [3.8, 4) is 17.5 Å². The fraction of sp³-hybridized carbons (Fsp3) is 0.158. The fourth-order valence-electron chi connectivity index (χ4n) is 2.26. The number of aromatic nitrogens is 3. The van der Waals surface area contributed by atoms with E-state index in [2.05, 4.69) is 26.6 Å². The third-order valence-corrected chi connectivity index (χ3v) is 4.66. The minimum atomic E-state index is -0.387. The SMILES string of the molecule is Cc1ccc(-c2nc(SC(C)C(=O)Nc3cccc(C#N)c3)n[nH]2)cc1. The van der Waals surface area contributed by atoms with Gasteiger partial charge in [-0.25, -0.2) is 4.98 Å². The predicted molar refractivity (Wildman–Crippen MR) is 102 cm³/mol. The number of thioether (sulfide) groups is 1. The first-order valence-corrected chi connectivity index (χ1v) is 8.90. The lowest BCUT2D eigenvalue weighted by molar-refractivity contribution is -0.115. The maximum atomic E-state index is 12.4. The Morgan fingerprint density at radius 3 is 2.77 bits per heavy atom. The molecular weight excluding hydrogens is 346 g/mol. The molecule has 1 unspecified atom stereocenters. The zero-order valence-electron chi connectivity index (χ0n) is 14.4. The van der Waals surface area contributed by atoms with Crippen molar-refractivity contribution in [1.82, 2.24) is 15.2 Å². The number of rotatable bonds is 5. The van der Waals surface area contributed by atoms with Crippen LogP contribution in [-0.4, -0.2) is 26.3 Å². The van der Waals surface area contributed by atoms with E-state index < -0.39 is 0 Å². The number of aryl methyl sites for hydroxylation is 1. The van der Waals surface area contributed by atoms with Gasteiger partial charge in [-0.3, -0.25) is 9.89 Å². The molecular formula is C19H17N5OS. The molecule has 3 aromatic rings. The number of hydrogen-bond acceptors (Lipinski definition) is 5. The molecule has 2 N–H and O–H groups in total. The second-order valence-electron chi connectivity index (χ2n) is 5.77. The van der Waals surface area contributed by atoms with Crippen molar-refractivity contribution in [3.63, 3.8) is 0 Å². The van der Waals surface area contributed by atoms with Crippen molar-refractivity contribution in [2.45, 2.75) is 24.3 Å². The van der Waals surface area contributed by atoms with Gasteiger partial charge in [0, 0.05) is 11.3 Å². The minimum absolute atomic E-state index is 0.174. The van der Waals surface area contributed by atoms with E-state index in [4.69, 9.17) is 5.26 Å². The number of nitrogens with zero attached hydrogens (tertiary/aromatic N) is 3. The lowest BCUT2D eigenvalue weighted by Gasteiger charge is -2.10. The molecule has 1 heterocycles. The average molecular weight is 363 g/mol. The van der Waals surface area contributed by atoms with Crippen LogP contribution in [0.4, 0.5) is 5.69 Å². The first kappa shape index (κ1) is 17.7. The lowest BCUT2D eigenvalue weighted by atomic mass is 10.1. The van der Waals surface area contributed by atoms with Crippen molar-refractivity contribution in [3.05, 3.63) is 59.7 Å². The number of carbonyl (C=O) groups is 1. The van der Waals surface area contributed by atoms with Gasteiger partial charge >= 0.3 is 0 Å². The number of anilines is 1. The molecule has 0 spiro atoms. The average Bonchev–Trinajstić information content (AvgIpc) is 3.11. The van der Waals surface area contributed by atoms with Gasteiger partial charge in [-0.05, 0) is 32.0 Å². The quantitative estimate of drug-likeness (QED) is 0.673. The summed E-state index contributed by atoms with van der Waals surface area (Å²) in [5, 5.41) is 18.9. The van der Waals surface area contributed by atoms with Gasteiger partial charge in [-0.2, -0.15) is 5.26 Å². The van der Waals surface area contributed by atoms with Gasteiger partial charge in [0.25, 0.3) is 0 Å². The number of hydrogen-bond donors (Lipinski definition) is 2. The van der Waals surface area contributed by atoms with Crippen LogP contribution in [0.2, 0.25) is 0 Å². The minimum Gasteiger partial charge on any atom is -0.325 e. The largest absolute Gasteiger partial charge is 0.325 e. The molecule has 0 saturated heterocycles. The molecule has 3 rings (SSSR count). The Labute approximate surface area is 155 Å². The monoisotopic (exact) mass is 363 g/mol. The molecule has 2 aromatic carbocycles. The predicted octanol–water partition coefficient (Wildman–Crippen LogP) is 3.77. The molecule has 0 aliphatic carbocycles. The maximum Gasteiger partial charge on any atom is 0.237 e. The Bertz CT molecular complexity index is 959. The summed E-state index contributed by atoms with van der Waals surface area (Å²) in [5.74, 6) is 0.494. The van der Waals surface area contributed by atoms with Crippen molar-refractivity contribution in [2.75, 3.05) is 5.32 Å². The number of H-pyrrole nitrogens is 1. The van der Waals surface area contributed by atoms with Gasteiger partial charge in [-0.15, -0.1) is 5.10 Å². The lowest BCUT2D eigenvalue weighted by Crippen LogP contribution is -2.22. The molecule has 26 heavy (non-hydrogen) atoms. The Morgan fingerprint density at radius 2 is 2.04 bits per heavy atom. The van der Waals surface area contributed by atoms with Gasteiger partial charge in [0.1, 0.15) is 0 Å². The van der Waals surface area contributed by atoms with Gasteiger partial charge in [0.05, 0.1) is 16.9 Å². The van der Waals surface area contributed by atoms with Crippen molar-refractivity contribution in [1.29, 1.82) is 5.26 Å². The Balaban J connectivity index is 1.64. The maximum absolute atomic E-state index is 12.4. The number of nitriles is 1. The first-order chi connectivity index (χ1) is 12.5. The van der Waals surface area contributed by atoms with Gasteiger partial charge in [0.2, 0.25) is 11.1 Å². The molecule has 0 radical (unpaired) electrons. The van der Waals surface area contributed by atoms with E-state index in [-0.39, 0.29) is 11.2 Å². The highest BCUT2D eigenvalue weighted by molar-refractivity contribution is 8.00. The smallest absolute Gasteiger partial charge is 0.237 e. The van der Waals surface area contributed by atoms with Crippen LogP contribution in [0.25, 0.3) is 11.4 Å². The van der Waals surface area contributed by atoms with Crippen LogP contribution in [0.1, 0.15) is 18.1 Å². The molecule has 1 aromatic heterocycles. The van der Waals surface area contributed by atoms with Crippen LogP contribution < -0.4 is 5.32 Å². The summed E-state index contributed by atoms with van der Waals surface area (Å²) >= 11 is 1.27. The van der Waals surface area contributed by atoms with Gasteiger partial charge in [0.15, 0.2) is 5.82 Å². The fourth-order valence-corrected chi connectivity index (χ4v) is 2.99. The Kier molecular flexibility index (Phi) is 5.34. The summed E-state index contributed by atoms with van der Waals surface area (Å²) in [6.45, 7) is 3.81. The molecule has 0 aliphatic heterocycles. The van der Waals surface area contributed by atoms with E-state index in [1.165, 1.54) is 17.3 Å². The van der Waals surface area contributed by atoms with Crippen LogP contribution in [0, 0.1) is 18.3 Å². The second kappa shape index (κ2) is 7.85. The summed E-state index contributed by atoms with van der Waals surface area (Å²) in [6.07, 6.45) is 0. The summed E-state index contributed by atoms with van der Waals surface area (Å²) in [4.78, 5) is 16.8. The molecule has 0 fully saturated rings. The number of amides is 1. The number of carbonyl (C=O) groups excluding carboxylic acids is 1. The van der Waals surface area contributed by atoms with Crippen molar-refractivity contribution >= 4 is 23.4 Å². The number of aromatic amines is 1. The number of benzene rings is 2. The van der Waals surface area contributed by atoms with Gasteiger partial charge in [-0.1, -0.05) is 47.7 Å². The van der Waals surface area contributed by atoms with Crippen LogP contribution >= 0.6 is 11.8 Å². The second-order valence-corrected chi connectivity index (χ2v) is 7.08. The molecule has 0 saturated carbocycles. The van der Waals surface area contributed by atoms with Crippen LogP contribution in [0.15, 0.2) is 53.7 Å². The molecule has 1 amide bonds. The molecule has 130 valence electrons. The van der Waals surface area contributed by atoms with E-state index in [0.29, 0.717) is 22.2 Å². The summed E-state index contributed by atoms with van der Waals surface area (Å²) in [7, 11) is 0. The van der Waals surface area contributed by atoms with E-state index >= 15 is 0 Å². The summed E-state index contributed by atoms with van der Waals surface area (Å²) in [6, 6.07) is 16.8. The molecule has 0 bridgehead atoms. The van der Waals surface area contributed by atoms with Gasteiger partial charge < -0.3 is 5.32 Å². The number of nitrogens with one attached hydrogen (secondary N) is 2. The normalized spacial score (nSPS) is 11.6. The highest BCUT2D eigenvalue weighted by Gasteiger charge is 2.17. The summed E-state index contributed by atoms with van der Waals surface area (Å²) in [5.41, 5.74) is 3.21. The van der Waals surface area contributed by atoms with E-state index in [1.54, 1.807) is 31.2 Å². The standard InChI is InChI=1S/C19H17N5OS/c1-12-6-8-15(9-7-12)17-22-19(24-23-17)26-13(2)18(25)21-16-5-3-4-14(10-16)11-20/h3-10,13H,1-2H3,(H,21,25)(H,22,23,24). The van der Waals surface area contributed by atoms with E-state index in [0.717, 1.165) is 5.56 Å². The third kappa shape index (κ3) is 4.29. The summed E-state index contributed by atoms with van der Waals surface area (Å²) < 4.78 is 0. The Morgan fingerprint density at radius 1 is 1.27 bits per heavy atom. The van der Waals surface area contributed by atoms with E-state index in [1.807, 2.05) is 31.2 Å². The van der Waals surface area contributed by atoms with Crippen LogP contribution in [-0.2, 0) is 4.79 Å². The zero-order valence-corrected chi connectivity index (χ0v) is 15.2. The highest BCUT2D eigenvalue weighted by Crippen LogP contribution is 2.24. The van der Waals surface area contributed by atoms with Crippen molar-refractivity contribution in [2.24, 2.45) is 0 Å². The van der Waals surface area contributed by atoms with Crippen LogP contribution in [0.5, 0.6) is 0 Å².